The molecule has 0 saturated carbocycles. The second kappa shape index (κ2) is 5.79. The van der Waals surface area contributed by atoms with Gasteiger partial charge in [0.05, 0.1) is 5.69 Å². The highest BCUT2D eigenvalue weighted by atomic mass is 79.9. The number of halogens is 1. The van der Waals surface area contributed by atoms with Gasteiger partial charge in [-0.15, -0.1) is 0 Å². The van der Waals surface area contributed by atoms with Crippen molar-refractivity contribution in [3.63, 3.8) is 0 Å². The Bertz CT molecular complexity index is 575. The molecule has 0 spiro atoms. The van der Waals surface area contributed by atoms with Crippen LogP contribution in [-0.4, -0.2) is 23.9 Å². The number of piperazine rings is 1. The summed E-state index contributed by atoms with van der Waals surface area (Å²) in [4.78, 5) is 26.6. The fourth-order valence-electron chi connectivity index (χ4n) is 2.76. The summed E-state index contributed by atoms with van der Waals surface area (Å²) in [6, 6.07) is 3.02. The van der Waals surface area contributed by atoms with Crippen LogP contribution in [0.2, 0.25) is 0 Å². The van der Waals surface area contributed by atoms with Gasteiger partial charge in [0.15, 0.2) is 0 Å². The molecule has 1 aromatic rings. The molecule has 4 nitrogen and oxygen atoms in total. The number of hydrogen-bond donors (Lipinski definition) is 1. The zero-order chi connectivity index (χ0) is 15.9. The lowest BCUT2D eigenvalue weighted by Gasteiger charge is -2.39. The van der Waals surface area contributed by atoms with E-state index in [2.05, 4.69) is 21.2 Å². The summed E-state index contributed by atoms with van der Waals surface area (Å²) in [5.41, 5.74) is 2.89. The van der Waals surface area contributed by atoms with Gasteiger partial charge in [0.1, 0.15) is 12.1 Å². The summed E-state index contributed by atoms with van der Waals surface area (Å²) in [5.74, 6) is -0.106. The molecule has 1 saturated heterocycles. The average Bonchev–Trinajstić information content (AvgIpc) is 2.36. The van der Waals surface area contributed by atoms with Crippen molar-refractivity contribution in [3.05, 3.63) is 27.7 Å². The number of rotatable bonds is 2. The number of benzene rings is 1. The van der Waals surface area contributed by atoms with E-state index in [0.29, 0.717) is 0 Å². The van der Waals surface area contributed by atoms with Gasteiger partial charge in [-0.25, -0.2) is 0 Å². The van der Waals surface area contributed by atoms with Gasteiger partial charge in [-0.1, -0.05) is 19.9 Å². The molecule has 5 heteroatoms. The number of amides is 2. The summed E-state index contributed by atoms with van der Waals surface area (Å²) in [6.07, 6.45) is 0. The molecule has 2 rings (SSSR count). The smallest absolute Gasteiger partial charge is 0.250 e. The van der Waals surface area contributed by atoms with Gasteiger partial charge in [0.25, 0.3) is 5.91 Å². The highest BCUT2D eigenvalue weighted by molar-refractivity contribution is 9.10. The maximum atomic E-state index is 12.8. The number of carbonyl (C=O) groups excluding carboxylic acids is 2. The van der Waals surface area contributed by atoms with Gasteiger partial charge in [0.2, 0.25) is 5.91 Å². The SMILES string of the molecule is Cc1cc(C)c(N2C(=O)C(C(C)C)NC(=O)C2C)c(Br)c1. The topological polar surface area (TPSA) is 49.4 Å². The number of nitrogens with zero attached hydrogens (tertiary/aromatic N) is 1. The molecule has 0 radical (unpaired) electrons. The first-order valence-electron chi connectivity index (χ1n) is 7.14. The standard InChI is InChI=1S/C16H21BrN2O2/c1-8(2)13-16(21)19(11(5)15(20)18-13)14-10(4)6-9(3)7-12(14)17/h6-8,11,13H,1-5H3,(H,18,20). The number of nitrogens with one attached hydrogen (secondary N) is 1. The van der Waals surface area contributed by atoms with E-state index in [1.165, 1.54) is 0 Å². The lowest BCUT2D eigenvalue weighted by molar-refractivity contribution is -0.134. The van der Waals surface area contributed by atoms with Crippen molar-refractivity contribution in [2.45, 2.75) is 46.7 Å². The van der Waals surface area contributed by atoms with Crippen LogP contribution in [0.4, 0.5) is 5.69 Å². The molecule has 0 bridgehead atoms. The van der Waals surface area contributed by atoms with E-state index in [4.69, 9.17) is 0 Å². The Labute approximate surface area is 134 Å². The van der Waals surface area contributed by atoms with E-state index in [0.717, 1.165) is 21.3 Å². The molecule has 2 unspecified atom stereocenters. The molecular weight excluding hydrogens is 332 g/mol. The Morgan fingerprint density at radius 3 is 2.38 bits per heavy atom. The van der Waals surface area contributed by atoms with Crippen molar-refractivity contribution >= 4 is 33.4 Å². The van der Waals surface area contributed by atoms with E-state index in [1.807, 2.05) is 39.8 Å². The summed E-state index contributed by atoms with van der Waals surface area (Å²) in [5, 5.41) is 2.82. The molecule has 1 aromatic carbocycles. The molecule has 21 heavy (non-hydrogen) atoms. The van der Waals surface area contributed by atoms with Crippen LogP contribution in [0.1, 0.15) is 31.9 Å². The van der Waals surface area contributed by atoms with Gasteiger partial charge in [0, 0.05) is 4.47 Å². The second-order valence-electron chi connectivity index (χ2n) is 6.03. The molecular formula is C16H21BrN2O2. The third kappa shape index (κ3) is 2.84. The molecule has 0 aliphatic carbocycles. The van der Waals surface area contributed by atoms with Gasteiger partial charge in [-0.05, 0) is 59.8 Å². The lowest BCUT2D eigenvalue weighted by Crippen LogP contribution is -2.64. The van der Waals surface area contributed by atoms with Crippen molar-refractivity contribution in [1.82, 2.24) is 5.32 Å². The van der Waals surface area contributed by atoms with Crippen LogP contribution in [0, 0.1) is 19.8 Å². The Morgan fingerprint density at radius 2 is 1.86 bits per heavy atom. The molecule has 1 N–H and O–H groups in total. The Morgan fingerprint density at radius 1 is 1.24 bits per heavy atom. The van der Waals surface area contributed by atoms with E-state index < -0.39 is 12.1 Å². The number of hydrogen-bond acceptors (Lipinski definition) is 2. The average molecular weight is 353 g/mol. The molecule has 114 valence electrons. The molecule has 1 aliphatic heterocycles. The highest BCUT2D eigenvalue weighted by Gasteiger charge is 2.41. The maximum absolute atomic E-state index is 12.8. The highest BCUT2D eigenvalue weighted by Crippen LogP contribution is 2.34. The van der Waals surface area contributed by atoms with Crippen LogP contribution in [0.5, 0.6) is 0 Å². The third-order valence-corrected chi connectivity index (χ3v) is 4.48. The van der Waals surface area contributed by atoms with Crippen LogP contribution in [0.3, 0.4) is 0 Å². The Hall–Kier alpha value is -1.36. The molecule has 2 amide bonds. The van der Waals surface area contributed by atoms with Crippen molar-refractivity contribution in [2.75, 3.05) is 4.90 Å². The second-order valence-corrected chi connectivity index (χ2v) is 6.88. The largest absolute Gasteiger partial charge is 0.342 e. The first-order chi connectivity index (χ1) is 9.73. The fraction of sp³-hybridized carbons (Fsp3) is 0.500. The van der Waals surface area contributed by atoms with Gasteiger partial charge < -0.3 is 5.32 Å². The first-order valence-corrected chi connectivity index (χ1v) is 7.93. The van der Waals surface area contributed by atoms with E-state index in [1.54, 1.807) is 11.8 Å². The minimum absolute atomic E-state index is 0.0512. The zero-order valence-electron chi connectivity index (χ0n) is 13.0. The minimum atomic E-state index is -0.509. The maximum Gasteiger partial charge on any atom is 0.250 e. The Kier molecular flexibility index (Phi) is 4.42. The fourth-order valence-corrected chi connectivity index (χ4v) is 3.63. The Balaban J connectivity index is 2.54. The molecule has 1 heterocycles. The van der Waals surface area contributed by atoms with Crippen LogP contribution in [0.25, 0.3) is 0 Å². The quantitative estimate of drug-likeness (QED) is 0.889. The van der Waals surface area contributed by atoms with Gasteiger partial charge >= 0.3 is 0 Å². The predicted octanol–water partition coefficient (Wildman–Crippen LogP) is 2.94. The normalized spacial score (nSPS) is 22.7. The molecule has 2 atom stereocenters. The van der Waals surface area contributed by atoms with Crippen LogP contribution >= 0.6 is 15.9 Å². The molecule has 1 fully saturated rings. The van der Waals surface area contributed by atoms with E-state index >= 15 is 0 Å². The number of carbonyl (C=O) groups is 2. The van der Waals surface area contributed by atoms with Crippen LogP contribution < -0.4 is 10.2 Å². The molecule has 1 aliphatic rings. The van der Waals surface area contributed by atoms with Crippen molar-refractivity contribution in [1.29, 1.82) is 0 Å². The minimum Gasteiger partial charge on any atom is -0.342 e. The summed E-state index contributed by atoms with van der Waals surface area (Å²) >= 11 is 3.54. The van der Waals surface area contributed by atoms with E-state index in [-0.39, 0.29) is 17.7 Å². The third-order valence-electron chi connectivity index (χ3n) is 3.87. The first kappa shape index (κ1) is 16.0. The summed E-state index contributed by atoms with van der Waals surface area (Å²) in [6.45, 7) is 9.61. The number of aryl methyl sites for hydroxylation is 2. The zero-order valence-corrected chi connectivity index (χ0v) is 14.6. The number of anilines is 1. The summed E-state index contributed by atoms with van der Waals surface area (Å²) < 4.78 is 0.845. The summed E-state index contributed by atoms with van der Waals surface area (Å²) in [7, 11) is 0. The van der Waals surface area contributed by atoms with Crippen LogP contribution in [0.15, 0.2) is 16.6 Å². The van der Waals surface area contributed by atoms with Crippen LogP contribution in [-0.2, 0) is 9.59 Å². The van der Waals surface area contributed by atoms with Crippen molar-refractivity contribution < 1.29 is 9.59 Å². The molecule has 0 aromatic heterocycles. The van der Waals surface area contributed by atoms with E-state index in [9.17, 15) is 9.59 Å². The van der Waals surface area contributed by atoms with Gasteiger partial charge in [-0.2, -0.15) is 0 Å². The van der Waals surface area contributed by atoms with Crippen molar-refractivity contribution in [2.24, 2.45) is 5.92 Å². The van der Waals surface area contributed by atoms with Gasteiger partial charge in [-0.3, -0.25) is 14.5 Å². The predicted molar refractivity (Wildman–Crippen MR) is 87.3 cm³/mol. The lowest BCUT2D eigenvalue weighted by atomic mass is 9.97. The monoisotopic (exact) mass is 352 g/mol. The van der Waals surface area contributed by atoms with Crippen molar-refractivity contribution in [3.8, 4) is 0 Å².